The number of benzene rings is 2. The Morgan fingerprint density at radius 3 is 2.64 bits per heavy atom. The maximum atomic E-state index is 12.1. The third-order valence-corrected chi connectivity index (χ3v) is 4.52. The lowest BCUT2D eigenvalue weighted by atomic mass is 10.1. The number of halogens is 2. The van der Waals surface area contributed by atoms with Gasteiger partial charge in [-0.25, -0.2) is 5.84 Å². The topological polar surface area (TPSA) is 76.2 Å². The number of amides is 1. The number of nitrogens with zero attached hydrogens (tertiary/aromatic N) is 3. The van der Waals surface area contributed by atoms with Gasteiger partial charge in [0.25, 0.3) is 5.91 Å². The lowest BCUT2D eigenvalue weighted by Gasteiger charge is -2.13. The first-order valence-corrected chi connectivity index (χ1v) is 8.29. The van der Waals surface area contributed by atoms with Gasteiger partial charge in [-0.05, 0) is 35.9 Å². The van der Waals surface area contributed by atoms with Crippen molar-refractivity contribution >= 4 is 45.7 Å². The van der Waals surface area contributed by atoms with E-state index in [0.717, 1.165) is 22.2 Å². The van der Waals surface area contributed by atoms with E-state index in [9.17, 15) is 4.79 Å². The van der Waals surface area contributed by atoms with Crippen LogP contribution in [0.15, 0.2) is 36.4 Å². The maximum Gasteiger partial charge on any atom is 0.286 e. The molecule has 8 heteroatoms. The molecule has 3 aromatic rings. The van der Waals surface area contributed by atoms with E-state index in [2.05, 4.69) is 10.5 Å². The first kappa shape index (κ1) is 17.5. The number of carbonyl (C=O) groups is 1. The fourth-order valence-electron chi connectivity index (χ4n) is 2.61. The van der Waals surface area contributed by atoms with Crippen LogP contribution < -0.4 is 16.2 Å². The Hall–Kier alpha value is -2.28. The number of anilines is 1. The summed E-state index contributed by atoms with van der Waals surface area (Å²) in [6.45, 7) is 0.404. The van der Waals surface area contributed by atoms with Gasteiger partial charge in [0, 0.05) is 35.2 Å². The summed E-state index contributed by atoms with van der Waals surface area (Å²) in [5.41, 5.74) is 5.07. The number of hydrazine groups is 1. The van der Waals surface area contributed by atoms with Crippen LogP contribution in [0.1, 0.15) is 16.1 Å². The summed E-state index contributed by atoms with van der Waals surface area (Å²) in [6, 6.07) is 11.1. The van der Waals surface area contributed by atoms with Crippen LogP contribution in [-0.4, -0.2) is 29.8 Å². The zero-order chi connectivity index (χ0) is 18.1. The summed E-state index contributed by atoms with van der Waals surface area (Å²) in [7, 11) is 3.90. The van der Waals surface area contributed by atoms with Crippen molar-refractivity contribution in [2.45, 2.75) is 6.54 Å². The van der Waals surface area contributed by atoms with Crippen molar-refractivity contribution in [2.75, 3.05) is 19.0 Å². The Balaban J connectivity index is 2.15. The van der Waals surface area contributed by atoms with E-state index < -0.39 is 5.91 Å². The molecule has 0 aliphatic heterocycles. The molecule has 6 nitrogen and oxygen atoms in total. The second kappa shape index (κ2) is 6.92. The standard InChI is InChI=1S/C17H17Cl2N5O/c1-23(2)12-5-6-13-15(8-12)24(22-16(13)17(25)21-20)9-10-3-4-11(18)7-14(10)19/h3-8H,9,20H2,1-2H3,(H,21,25). The molecule has 0 radical (unpaired) electrons. The van der Waals surface area contributed by atoms with Gasteiger partial charge in [-0.1, -0.05) is 29.3 Å². The first-order chi connectivity index (χ1) is 11.9. The summed E-state index contributed by atoms with van der Waals surface area (Å²) in [5.74, 6) is 4.84. The van der Waals surface area contributed by atoms with Crippen LogP contribution in [0.3, 0.4) is 0 Å². The molecule has 0 spiro atoms. The molecule has 0 atom stereocenters. The van der Waals surface area contributed by atoms with Gasteiger partial charge in [-0.2, -0.15) is 5.10 Å². The lowest BCUT2D eigenvalue weighted by molar-refractivity contribution is 0.0949. The first-order valence-electron chi connectivity index (χ1n) is 7.53. The second-order valence-corrected chi connectivity index (χ2v) is 6.65. The number of hydrogen-bond donors (Lipinski definition) is 2. The highest BCUT2D eigenvalue weighted by atomic mass is 35.5. The fourth-order valence-corrected chi connectivity index (χ4v) is 3.08. The minimum atomic E-state index is -0.441. The molecule has 2 aromatic carbocycles. The van der Waals surface area contributed by atoms with Gasteiger partial charge in [-0.3, -0.25) is 14.9 Å². The van der Waals surface area contributed by atoms with Crippen LogP contribution >= 0.6 is 23.2 Å². The molecule has 25 heavy (non-hydrogen) atoms. The van der Waals surface area contributed by atoms with Gasteiger partial charge < -0.3 is 4.90 Å². The van der Waals surface area contributed by atoms with Crippen LogP contribution in [-0.2, 0) is 6.54 Å². The molecule has 0 bridgehead atoms. The van der Waals surface area contributed by atoms with Crippen molar-refractivity contribution in [3.8, 4) is 0 Å². The van der Waals surface area contributed by atoms with E-state index in [1.54, 1.807) is 16.8 Å². The molecular weight excluding hydrogens is 361 g/mol. The second-order valence-electron chi connectivity index (χ2n) is 5.81. The van der Waals surface area contributed by atoms with Gasteiger partial charge in [0.2, 0.25) is 0 Å². The molecule has 1 aromatic heterocycles. The number of aromatic nitrogens is 2. The third kappa shape index (κ3) is 3.42. The monoisotopic (exact) mass is 377 g/mol. The number of fused-ring (bicyclic) bond motifs is 1. The normalized spacial score (nSPS) is 10.9. The number of hydrogen-bond acceptors (Lipinski definition) is 4. The van der Waals surface area contributed by atoms with Gasteiger partial charge in [-0.15, -0.1) is 0 Å². The largest absolute Gasteiger partial charge is 0.378 e. The van der Waals surface area contributed by atoms with Crippen LogP contribution in [0, 0.1) is 0 Å². The number of nitrogen functional groups attached to an aromatic ring is 1. The summed E-state index contributed by atoms with van der Waals surface area (Å²) >= 11 is 12.2. The molecule has 3 N–H and O–H groups in total. The van der Waals surface area contributed by atoms with Crippen LogP contribution in [0.4, 0.5) is 5.69 Å². The van der Waals surface area contributed by atoms with E-state index in [4.69, 9.17) is 29.0 Å². The molecule has 1 amide bonds. The highest BCUT2D eigenvalue weighted by Crippen LogP contribution is 2.27. The van der Waals surface area contributed by atoms with E-state index >= 15 is 0 Å². The van der Waals surface area contributed by atoms with Crippen molar-refractivity contribution in [2.24, 2.45) is 5.84 Å². The molecule has 0 fully saturated rings. The summed E-state index contributed by atoms with van der Waals surface area (Å²) < 4.78 is 1.74. The Morgan fingerprint density at radius 1 is 1.24 bits per heavy atom. The molecule has 130 valence electrons. The quantitative estimate of drug-likeness (QED) is 0.416. The van der Waals surface area contributed by atoms with Crippen molar-refractivity contribution in [1.29, 1.82) is 0 Å². The summed E-state index contributed by atoms with van der Waals surface area (Å²) in [6.07, 6.45) is 0. The van der Waals surface area contributed by atoms with E-state index in [0.29, 0.717) is 16.6 Å². The predicted molar refractivity (Wildman–Crippen MR) is 101 cm³/mol. The zero-order valence-electron chi connectivity index (χ0n) is 13.8. The number of nitrogens with two attached hydrogens (primary N) is 1. The van der Waals surface area contributed by atoms with Crippen LogP contribution in [0.5, 0.6) is 0 Å². The fraction of sp³-hybridized carbons (Fsp3) is 0.176. The Morgan fingerprint density at radius 2 is 2.00 bits per heavy atom. The molecular formula is C17H17Cl2N5O. The molecule has 0 aliphatic rings. The van der Waals surface area contributed by atoms with Crippen molar-refractivity contribution in [3.05, 3.63) is 57.7 Å². The molecule has 3 rings (SSSR count). The van der Waals surface area contributed by atoms with E-state index in [1.165, 1.54) is 0 Å². The van der Waals surface area contributed by atoms with Crippen LogP contribution in [0.25, 0.3) is 10.9 Å². The van der Waals surface area contributed by atoms with Crippen molar-refractivity contribution < 1.29 is 4.79 Å². The molecule has 1 heterocycles. The Bertz CT molecular complexity index is 952. The molecule has 0 aliphatic carbocycles. The van der Waals surface area contributed by atoms with Gasteiger partial charge in [0.05, 0.1) is 12.1 Å². The number of rotatable bonds is 4. The van der Waals surface area contributed by atoms with E-state index in [1.807, 2.05) is 43.3 Å². The smallest absolute Gasteiger partial charge is 0.286 e. The maximum absolute atomic E-state index is 12.1. The summed E-state index contributed by atoms with van der Waals surface area (Å²) in [4.78, 5) is 14.0. The minimum absolute atomic E-state index is 0.271. The van der Waals surface area contributed by atoms with Crippen molar-refractivity contribution in [1.82, 2.24) is 15.2 Å². The summed E-state index contributed by atoms with van der Waals surface area (Å²) in [5, 5.41) is 6.27. The van der Waals surface area contributed by atoms with Crippen LogP contribution in [0.2, 0.25) is 10.0 Å². The predicted octanol–water partition coefficient (Wildman–Crippen LogP) is 3.06. The average molecular weight is 378 g/mol. The number of carbonyl (C=O) groups excluding carboxylic acids is 1. The highest BCUT2D eigenvalue weighted by Gasteiger charge is 2.18. The average Bonchev–Trinajstić information content (AvgIpc) is 2.94. The molecule has 0 saturated heterocycles. The van der Waals surface area contributed by atoms with E-state index in [-0.39, 0.29) is 5.69 Å². The van der Waals surface area contributed by atoms with Gasteiger partial charge in [0.1, 0.15) is 0 Å². The third-order valence-electron chi connectivity index (χ3n) is 3.93. The number of nitrogens with one attached hydrogen (secondary N) is 1. The van der Waals surface area contributed by atoms with Crippen molar-refractivity contribution in [3.63, 3.8) is 0 Å². The molecule has 0 saturated carbocycles. The zero-order valence-corrected chi connectivity index (χ0v) is 15.3. The minimum Gasteiger partial charge on any atom is -0.378 e. The lowest BCUT2D eigenvalue weighted by Crippen LogP contribution is -2.30. The van der Waals surface area contributed by atoms with Gasteiger partial charge >= 0.3 is 0 Å². The SMILES string of the molecule is CN(C)c1ccc2c(C(=O)NN)nn(Cc3ccc(Cl)cc3Cl)c2c1. The Kier molecular flexibility index (Phi) is 4.85. The highest BCUT2D eigenvalue weighted by molar-refractivity contribution is 6.35. The molecule has 0 unspecified atom stereocenters. The van der Waals surface area contributed by atoms with Gasteiger partial charge in [0.15, 0.2) is 5.69 Å². The Labute approximate surface area is 155 Å².